The Morgan fingerprint density at radius 1 is 1.22 bits per heavy atom. The van der Waals surface area contributed by atoms with E-state index in [2.05, 4.69) is 20.9 Å². The minimum absolute atomic E-state index is 0. The van der Waals surface area contributed by atoms with Crippen LogP contribution in [0, 0.1) is 5.41 Å². The summed E-state index contributed by atoms with van der Waals surface area (Å²) in [7, 11) is 0. The third-order valence-corrected chi connectivity index (χ3v) is 3.48. The van der Waals surface area contributed by atoms with Crippen molar-refractivity contribution in [2.45, 2.75) is 34.1 Å². The van der Waals surface area contributed by atoms with Gasteiger partial charge in [0.2, 0.25) is 11.8 Å². The first kappa shape index (κ1) is 24.4. The lowest BCUT2D eigenvalue weighted by atomic mass is 9.96. The van der Waals surface area contributed by atoms with Crippen LogP contribution in [0.5, 0.6) is 0 Å². The summed E-state index contributed by atoms with van der Waals surface area (Å²) in [4.78, 5) is 27.8. The summed E-state index contributed by atoms with van der Waals surface area (Å²) >= 11 is 1.33. The van der Waals surface area contributed by atoms with Crippen LogP contribution in [0.2, 0.25) is 0 Å². The molecule has 1 aromatic rings. The lowest BCUT2D eigenvalue weighted by Gasteiger charge is -2.15. The number of thiazole rings is 1. The van der Waals surface area contributed by atoms with Gasteiger partial charge < -0.3 is 16.0 Å². The maximum Gasteiger partial charge on any atom is 0.231 e. The van der Waals surface area contributed by atoms with Crippen LogP contribution in [0.15, 0.2) is 5.38 Å². The SMILES string of the molecule is CCNCCNC(=O)Cc1csc(NC(=O)C(C)(C)C)n1.Cl.Cl. The van der Waals surface area contributed by atoms with Crippen molar-refractivity contribution in [3.63, 3.8) is 0 Å². The number of halogens is 2. The molecule has 134 valence electrons. The van der Waals surface area contributed by atoms with Crippen LogP contribution < -0.4 is 16.0 Å². The van der Waals surface area contributed by atoms with Gasteiger partial charge in [-0.3, -0.25) is 9.59 Å². The number of amides is 2. The summed E-state index contributed by atoms with van der Waals surface area (Å²) in [6.07, 6.45) is 0.230. The lowest BCUT2D eigenvalue weighted by molar-refractivity contribution is -0.123. The number of nitrogens with one attached hydrogen (secondary N) is 3. The lowest BCUT2D eigenvalue weighted by Crippen LogP contribution is -2.32. The molecular weight excluding hydrogens is 359 g/mol. The monoisotopic (exact) mass is 384 g/mol. The van der Waals surface area contributed by atoms with E-state index >= 15 is 0 Å². The van der Waals surface area contributed by atoms with Crippen molar-refractivity contribution in [1.82, 2.24) is 15.6 Å². The molecule has 0 bridgehead atoms. The van der Waals surface area contributed by atoms with Crippen molar-refractivity contribution >= 4 is 53.1 Å². The number of aromatic nitrogens is 1. The number of nitrogens with zero attached hydrogens (tertiary/aromatic N) is 1. The molecule has 0 atom stereocenters. The van der Waals surface area contributed by atoms with Crippen molar-refractivity contribution in [2.24, 2.45) is 5.41 Å². The van der Waals surface area contributed by atoms with Crippen molar-refractivity contribution in [2.75, 3.05) is 25.0 Å². The van der Waals surface area contributed by atoms with Gasteiger partial charge in [-0.15, -0.1) is 36.2 Å². The van der Waals surface area contributed by atoms with Gasteiger partial charge in [-0.05, 0) is 6.54 Å². The highest BCUT2D eigenvalue weighted by atomic mass is 35.5. The first-order chi connectivity index (χ1) is 9.82. The molecule has 0 aliphatic heterocycles. The third kappa shape index (κ3) is 9.76. The minimum atomic E-state index is -0.463. The first-order valence-corrected chi connectivity index (χ1v) is 7.94. The van der Waals surface area contributed by atoms with E-state index in [9.17, 15) is 9.59 Å². The van der Waals surface area contributed by atoms with Gasteiger partial charge in [0, 0.05) is 23.9 Å². The largest absolute Gasteiger partial charge is 0.354 e. The molecule has 1 aromatic heterocycles. The maximum absolute atomic E-state index is 11.8. The summed E-state index contributed by atoms with van der Waals surface area (Å²) in [6.45, 7) is 9.79. The van der Waals surface area contributed by atoms with E-state index in [4.69, 9.17) is 0 Å². The third-order valence-electron chi connectivity index (χ3n) is 2.67. The molecule has 3 N–H and O–H groups in total. The van der Waals surface area contributed by atoms with E-state index in [0.717, 1.165) is 13.1 Å². The molecule has 2 amide bonds. The van der Waals surface area contributed by atoms with E-state index in [-0.39, 0.29) is 43.0 Å². The molecule has 1 rings (SSSR count). The Hall–Kier alpha value is -0.890. The van der Waals surface area contributed by atoms with Gasteiger partial charge in [0.05, 0.1) is 12.1 Å². The number of hydrogen-bond donors (Lipinski definition) is 3. The topological polar surface area (TPSA) is 83.1 Å². The fourth-order valence-corrected chi connectivity index (χ4v) is 2.13. The molecule has 0 saturated carbocycles. The molecule has 6 nitrogen and oxygen atoms in total. The summed E-state index contributed by atoms with van der Waals surface area (Å²) in [5, 5.41) is 11.0. The number of anilines is 1. The van der Waals surface area contributed by atoms with Crippen LogP contribution in [-0.4, -0.2) is 36.4 Å². The Morgan fingerprint density at radius 3 is 2.43 bits per heavy atom. The molecular formula is C14H26Cl2N4O2S. The van der Waals surface area contributed by atoms with Crippen LogP contribution in [-0.2, 0) is 16.0 Å². The molecule has 0 fully saturated rings. The van der Waals surface area contributed by atoms with E-state index < -0.39 is 5.41 Å². The average Bonchev–Trinajstić information content (AvgIpc) is 2.81. The Morgan fingerprint density at radius 2 is 1.87 bits per heavy atom. The van der Waals surface area contributed by atoms with Crippen molar-refractivity contribution in [3.05, 3.63) is 11.1 Å². The average molecular weight is 385 g/mol. The second kappa shape index (κ2) is 11.6. The van der Waals surface area contributed by atoms with E-state index in [0.29, 0.717) is 17.4 Å². The molecule has 0 aliphatic rings. The van der Waals surface area contributed by atoms with Crippen LogP contribution in [0.1, 0.15) is 33.4 Å². The fraction of sp³-hybridized carbons (Fsp3) is 0.643. The summed E-state index contributed by atoms with van der Waals surface area (Å²) in [5.41, 5.74) is 0.209. The first-order valence-electron chi connectivity index (χ1n) is 7.06. The normalized spacial score (nSPS) is 10.3. The quantitative estimate of drug-likeness (QED) is 0.629. The number of likely N-dealkylation sites (N-methyl/N-ethyl adjacent to an activating group) is 1. The fourth-order valence-electron chi connectivity index (χ4n) is 1.42. The Labute approximate surface area is 154 Å². The molecule has 0 spiro atoms. The summed E-state index contributed by atoms with van der Waals surface area (Å²) < 4.78 is 0. The molecule has 0 radical (unpaired) electrons. The van der Waals surface area contributed by atoms with Crippen molar-refractivity contribution in [1.29, 1.82) is 0 Å². The highest BCUT2D eigenvalue weighted by Gasteiger charge is 2.22. The minimum Gasteiger partial charge on any atom is -0.354 e. The molecule has 0 aliphatic carbocycles. The molecule has 0 saturated heterocycles. The number of rotatable bonds is 7. The second-order valence-corrected chi connectivity index (χ2v) is 6.59. The summed E-state index contributed by atoms with van der Waals surface area (Å²) in [5.74, 6) is -0.148. The highest BCUT2D eigenvalue weighted by molar-refractivity contribution is 7.13. The van der Waals surface area contributed by atoms with Crippen LogP contribution >= 0.6 is 36.2 Å². The van der Waals surface area contributed by atoms with E-state index in [1.165, 1.54) is 11.3 Å². The van der Waals surface area contributed by atoms with Gasteiger partial charge in [0.15, 0.2) is 5.13 Å². The maximum atomic E-state index is 11.8. The molecule has 1 heterocycles. The van der Waals surface area contributed by atoms with Gasteiger partial charge >= 0.3 is 0 Å². The van der Waals surface area contributed by atoms with E-state index in [1.807, 2.05) is 27.7 Å². The zero-order valence-corrected chi connectivity index (χ0v) is 16.3. The zero-order chi connectivity index (χ0) is 15.9. The molecule has 23 heavy (non-hydrogen) atoms. The second-order valence-electron chi connectivity index (χ2n) is 5.73. The van der Waals surface area contributed by atoms with Crippen LogP contribution in [0.25, 0.3) is 0 Å². The van der Waals surface area contributed by atoms with Gasteiger partial charge in [-0.2, -0.15) is 0 Å². The van der Waals surface area contributed by atoms with E-state index in [1.54, 1.807) is 5.38 Å². The Kier molecular flexibility index (Phi) is 12.3. The van der Waals surface area contributed by atoms with Gasteiger partial charge in [-0.1, -0.05) is 27.7 Å². The number of carbonyl (C=O) groups is 2. The smallest absolute Gasteiger partial charge is 0.231 e. The highest BCUT2D eigenvalue weighted by Crippen LogP contribution is 2.20. The van der Waals surface area contributed by atoms with Crippen LogP contribution in [0.4, 0.5) is 5.13 Å². The standard InChI is InChI=1S/C14H24N4O2S.2ClH/c1-5-15-6-7-16-11(19)8-10-9-21-13(17-10)18-12(20)14(2,3)4;;/h9,15H,5-8H2,1-4H3,(H,16,19)(H,17,18,20);2*1H. The predicted octanol–water partition coefficient (Wildman–Crippen LogP) is 2.24. The molecule has 9 heteroatoms. The number of hydrogen-bond acceptors (Lipinski definition) is 5. The number of carbonyl (C=O) groups excluding carboxylic acids is 2. The van der Waals surface area contributed by atoms with Gasteiger partial charge in [-0.25, -0.2) is 4.98 Å². The van der Waals surface area contributed by atoms with Gasteiger partial charge in [0.25, 0.3) is 0 Å². The Bertz CT molecular complexity index is 489. The Balaban J connectivity index is 0. The zero-order valence-electron chi connectivity index (χ0n) is 13.9. The van der Waals surface area contributed by atoms with Gasteiger partial charge in [0.1, 0.15) is 0 Å². The van der Waals surface area contributed by atoms with Crippen LogP contribution in [0.3, 0.4) is 0 Å². The predicted molar refractivity (Wildman–Crippen MR) is 100.0 cm³/mol. The van der Waals surface area contributed by atoms with Crippen molar-refractivity contribution in [3.8, 4) is 0 Å². The summed E-state index contributed by atoms with van der Waals surface area (Å²) in [6, 6.07) is 0. The van der Waals surface area contributed by atoms with Crippen molar-refractivity contribution < 1.29 is 9.59 Å². The molecule has 0 unspecified atom stereocenters. The molecule has 0 aromatic carbocycles.